The van der Waals surface area contributed by atoms with Crippen molar-refractivity contribution in [3.8, 4) is 17.1 Å². The van der Waals surface area contributed by atoms with Crippen molar-refractivity contribution in [1.29, 1.82) is 0 Å². The summed E-state index contributed by atoms with van der Waals surface area (Å²) in [6.07, 6.45) is 2.42. The lowest BCUT2D eigenvalue weighted by Crippen LogP contribution is -2.37. The SMILES string of the molecule is Cc1ccc2c(N3CC[C@@H](NC(=O)c4ccccn4)C3)nc(-c3ccccc3O)nc2c1.[HH].[HH].[HH]. The maximum atomic E-state index is 12.5. The molecule has 4 aromatic rings. The van der Waals surface area contributed by atoms with Gasteiger partial charge in [0.05, 0.1) is 11.1 Å². The molecule has 3 heterocycles. The van der Waals surface area contributed by atoms with Gasteiger partial charge in [0.2, 0.25) is 0 Å². The van der Waals surface area contributed by atoms with Crippen LogP contribution in [-0.4, -0.2) is 45.1 Å². The Hall–Kier alpha value is -4.00. The summed E-state index contributed by atoms with van der Waals surface area (Å²) in [5.41, 5.74) is 2.94. The first kappa shape index (κ1) is 19.9. The minimum absolute atomic E-state index is 0. The molecular formula is C25H29N5O2. The molecule has 0 radical (unpaired) electrons. The fraction of sp³-hybridized carbons (Fsp3) is 0.200. The normalized spacial score (nSPS) is 15.8. The van der Waals surface area contributed by atoms with E-state index in [0.717, 1.165) is 35.2 Å². The summed E-state index contributed by atoms with van der Waals surface area (Å²) in [7, 11) is 0. The average molecular weight is 432 g/mol. The van der Waals surface area contributed by atoms with Gasteiger partial charge in [0.25, 0.3) is 5.91 Å². The number of aromatic hydroxyl groups is 1. The number of carbonyl (C=O) groups excluding carboxylic acids is 1. The van der Waals surface area contributed by atoms with Crippen LogP contribution in [0.25, 0.3) is 22.3 Å². The number of para-hydroxylation sites is 1. The van der Waals surface area contributed by atoms with Gasteiger partial charge in [-0.05, 0) is 55.3 Å². The van der Waals surface area contributed by atoms with Crippen molar-refractivity contribution >= 4 is 22.6 Å². The second kappa shape index (κ2) is 8.26. The van der Waals surface area contributed by atoms with Gasteiger partial charge in [0, 0.05) is 35.0 Å². The van der Waals surface area contributed by atoms with Crippen LogP contribution in [0.2, 0.25) is 0 Å². The summed E-state index contributed by atoms with van der Waals surface area (Å²) in [5, 5.41) is 14.4. The lowest BCUT2D eigenvalue weighted by atomic mass is 10.1. The Balaban J connectivity index is 0.00000144. The molecule has 1 aliphatic rings. The predicted molar refractivity (Wildman–Crippen MR) is 130 cm³/mol. The second-order valence-corrected chi connectivity index (χ2v) is 8.03. The summed E-state index contributed by atoms with van der Waals surface area (Å²) >= 11 is 0. The molecule has 1 aliphatic heterocycles. The van der Waals surface area contributed by atoms with E-state index in [1.54, 1.807) is 36.5 Å². The molecule has 1 amide bonds. The number of fused-ring (bicyclic) bond motifs is 1. The first-order valence-electron chi connectivity index (χ1n) is 10.6. The molecule has 1 saturated heterocycles. The zero-order chi connectivity index (χ0) is 22.1. The maximum absolute atomic E-state index is 12.5. The summed E-state index contributed by atoms with van der Waals surface area (Å²) < 4.78 is 0. The van der Waals surface area contributed by atoms with Crippen molar-refractivity contribution < 1.29 is 14.2 Å². The highest BCUT2D eigenvalue weighted by molar-refractivity contribution is 5.93. The number of pyridine rings is 1. The van der Waals surface area contributed by atoms with Gasteiger partial charge in [-0.3, -0.25) is 9.78 Å². The molecule has 0 saturated carbocycles. The molecule has 32 heavy (non-hydrogen) atoms. The molecule has 0 spiro atoms. The van der Waals surface area contributed by atoms with Gasteiger partial charge in [0.1, 0.15) is 17.3 Å². The third-order valence-electron chi connectivity index (χ3n) is 5.70. The van der Waals surface area contributed by atoms with E-state index in [1.165, 1.54) is 0 Å². The van der Waals surface area contributed by atoms with E-state index in [2.05, 4.69) is 15.2 Å². The van der Waals surface area contributed by atoms with Crippen molar-refractivity contribution in [2.75, 3.05) is 18.0 Å². The molecule has 0 aliphatic carbocycles. The van der Waals surface area contributed by atoms with Crippen molar-refractivity contribution in [1.82, 2.24) is 20.3 Å². The number of rotatable bonds is 4. The number of anilines is 1. The Kier molecular flexibility index (Phi) is 5.15. The first-order valence-corrected chi connectivity index (χ1v) is 10.6. The minimum atomic E-state index is -0.171. The minimum Gasteiger partial charge on any atom is -0.507 e. The largest absolute Gasteiger partial charge is 0.507 e. The molecule has 0 bridgehead atoms. The maximum Gasteiger partial charge on any atom is 0.270 e. The van der Waals surface area contributed by atoms with Crippen LogP contribution >= 0.6 is 0 Å². The number of hydrogen-bond donors (Lipinski definition) is 2. The Bertz CT molecular complexity index is 1310. The number of nitrogens with one attached hydrogen (secondary N) is 1. The summed E-state index contributed by atoms with van der Waals surface area (Å²) in [6, 6.07) is 18.5. The Morgan fingerprint density at radius 3 is 2.78 bits per heavy atom. The zero-order valence-electron chi connectivity index (χ0n) is 17.7. The Labute approximate surface area is 190 Å². The molecule has 2 aromatic carbocycles. The van der Waals surface area contributed by atoms with E-state index in [0.29, 0.717) is 23.6 Å². The van der Waals surface area contributed by atoms with Crippen LogP contribution in [0.4, 0.5) is 5.82 Å². The van der Waals surface area contributed by atoms with Crippen LogP contribution in [0.3, 0.4) is 0 Å². The van der Waals surface area contributed by atoms with Gasteiger partial charge in [-0.2, -0.15) is 0 Å². The molecule has 1 atom stereocenters. The highest BCUT2D eigenvalue weighted by Crippen LogP contribution is 2.33. The predicted octanol–water partition coefficient (Wildman–Crippen LogP) is 4.45. The van der Waals surface area contributed by atoms with Crippen LogP contribution < -0.4 is 10.2 Å². The molecule has 166 valence electrons. The molecule has 2 aromatic heterocycles. The van der Waals surface area contributed by atoms with E-state index in [-0.39, 0.29) is 22.0 Å². The molecule has 0 unspecified atom stereocenters. The van der Waals surface area contributed by atoms with Crippen LogP contribution in [-0.2, 0) is 0 Å². The number of phenolic OH excluding ortho intramolecular Hbond substituents is 1. The topological polar surface area (TPSA) is 91.2 Å². The fourth-order valence-electron chi connectivity index (χ4n) is 4.07. The van der Waals surface area contributed by atoms with Crippen LogP contribution in [0, 0.1) is 6.92 Å². The second-order valence-electron chi connectivity index (χ2n) is 8.03. The third kappa shape index (κ3) is 3.85. The number of aromatic nitrogens is 3. The molecule has 1 fully saturated rings. The molecule has 5 rings (SSSR count). The molecule has 7 nitrogen and oxygen atoms in total. The molecule has 7 heteroatoms. The highest BCUT2D eigenvalue weighted by Gasteiger charge is 2.27. The van der Waals surface area contributed by atoms with Gasteiger partial charge < -0.3 is 15.3 Å². The highest BCUT2D eigenvalue weighted by atomic mass is 16.3. The quantitative estimate of drug-likeness (QED) is 0.496. The van der Waals surface area contributed by atoms with Gasteiger partial charge in [-0.15, -0.1) is 0 Å². The number of amides is 1. The van der Waals surface area contributed by atoms with Crippen molar-refractivity contribution in [2.24, 2.45) is 0 Å². The number of benzene rings is 2. The number of nitrogens with zero attached hydrogens (tertiary/aromatic N) is 4. The number of hydrogen-bond acceptors (Lipinski definition) is 6. The van der Waals surface area contributed by atoms with Gasteiger partial charge in [-0.25, -0.2) is 9.97 Å². The zero-order valence-corrected chi connectivity index (χ0v) is 17.7. The Morgan fingerprint density at radius 1 is 1.12 bits per heavy atom. The number of phenols is 1. The fourth-order valence-corrected chi connectivity index (χ4v) is 4.07. The van der Waals surface area contributed by atoms with Crippen LogP contribution in [0.5, 0.6) is 5.75 Å². The molecule has 2 N–H and O–H groups in total. The van der Waals surface area contributed by atoms with E-state index in [4.69, 9.17) is 9.97 Å². The summed E-state index contributed by atoms with van der Waals surface area (Å²) in [6.45, 7) is 3.42. The lowest BCUT2D eigenvalue weighted by Gasteiger charge is -2.21. The van der Waals surface area contributed by atoms with Gasteiger partial charge in [0.15, 0.2) is 5.82 Å². The molecular weight excluding hydrogens is 402 g/mol. The monoisotopic (exact) mass is 431 g/mol. The van der Waals surface area contributed by atoms with E-state index < -0.39 is 0 Å². The van der Waals surface area contributed by atoms with Crippen molar-refractivity contribution in [3.63, 3.8) is 0 Å². The van der Waals surface area contributed by atoms with E-state index in [1.807, 2.05) is 37.3 Å². The van der Waals surface area contributed by atoms with Crippen molar-refractivity contribution in [3.05, 3.63) is 78.1 Å². The first-order chi connectivity index (χ1) is 15.6. The lowest BCUT2D eigenvalue weighted by molar-refractivity contribution is 0.0935. The summed E-state index contributed by atoms with van der Waals surface area (Å²) in [5.74, 6) is 1.27. The third-order valence-corrected chi connectivity index (χ3v) is 5.70. The average Bonchev–Trinajstić information content (AvgIpc) is 3.27. The summed E-state index contributed by atoms with van der Waals surface area (Å²) in [4.78, 5) is 28.4. The van der Waals surface area contributed by atoms with Gasteiger partial charge >= 0.3 is 0 Å². The number of carbonyl (C=O) groups is 1. The Morgan fingerprint density at radius 2 is 1.97 bits per heavy atom. The van der Waals surface area contributed by atoms with E-state index >= 15 is 0 Å². The van der Waals surface area contributed by atoms with Gasteiger partial charge in [-0.1, -0.05) is 24.3 Å². The van der Waals surface area contributed by atoms with Crippen LogP contribution in [0.15, 0.2) is 66.9 Å². The van der Waals surface area contributed by atoms with Crippen molar-refractivity contribution in [2.45, 2.75) is 19.4 Å². The number of aryl methyl sites for hydroxylation is 1. The standard InChI is InChI=1S/C25H23N5O2.3H2/c1-16-9-10-18-21(14-16)28-23(19-6-2-3-8-22(19)31)29-24(18)30-13-11-17(15-30)27-25(32)20-7-4-5-12-26-20;;;/h2-10,12,14,17,31H,11,13,15H2,1H3,(H,27,32);3*1H/t17-;;;/m1.../s1. The van der Waals surface area contributed by atoms with E-state index in [9.17, 15) is 9.90 Å². The van der Waals surface area contributed by atoms with Crippen LogP contribution in [0.1, 0.15) is 26.8 Å². The smallest absolute Gasteiger partial charge is 0.270 e.